The average molecular weight is 474 g/mol. The number of thiophene rings is 1. The number of ether oxygens (including phenoxy) is 1. The van der Waals surface area contributed by atoms with E-state index < -0.39 is 22.7 Å². The number of rotatable bonds is 6. The van der Waals surface area contributed by atoms with Gasteiger partial charge in [-0.2, -0.15) is 5.10 Å². The fraction of sp³-hybridized carbons (Fsp3) is 0.333. The van der Waals surface area contributed by atoms with Crippen molar-refractivity contribution >= 4 is 46.0 Å². The Labute approximate surface area is 192 Å². The van der Waals surface area contributed by atoms with Crippen LogP contribution in [0.1, 0.15) is 46.6 Å². The standard InChI is InChI=1S/C21H22N4O7S/c1-3-32-21(29)17-14-6-4-11(2)8-16(14)33-20(17)23-18(27)19(28)24-22-10-12-9-13(25(30)31)5-7-15(12)26/h5,7,9-11,26H,3-4,6,8H2,1-2H3,(H,23,27)(H,24,28)/b22-10-/t11-/m0/s1. The number of hydrogen-bond acceptors (Lipinski definition) is 9. The molecule has 1 atom stereocenters. The van der Waals surface area contributed by atoms with E-state index in [0.29, 0.717) is 12.3 Å². The number of benzene rings is 1. The van der Waals surface area contributed by atoms with Gasteiger partial charge < -0.3 is 15.2 Å². The van der Waals surface area contributed by atoms with Crippen LogP contribution in [-0.2, 0) is 27.2 Å². The van der Waals surface area contributed by atoms with Gasteiger partial charge in [-0.25, -0.2) is 10.2 Å². The monoisotopic (exact) mass is 474 g/mol. The molecule has 3 N–H and O–H groups in total. The van der Waals surface area contributed by atoms with Crippen molar-refractivity contribution in [1.82, 2.24) is 5.43 Å². The topological polar surface area (TPSA) is 160 Å². The normalized spacial score (nSPS) is 15.0. The molecule has 1 aliphatic rings. The molecule has 0 radical (unpaired) electrons. The zero-order valence-corrected chi connectivity index (χ0v) is 18.7. The Hall–Kier alpha value is -3.80. The Morgan fingerprint density at radius 1 is 1.36 bits per heavy atom. The molecule has 174 valence electrons. The van der Waals surface area contributed by atoms with E-state index in [2.05, 4.69) is 17.3 Å². The summed E-state index contributed by atoms with van der Waals surface area (Å²) in [7, 11) is 0. The quantitative estimate of drug-likeness (QED) is 0.191. The molecule has 1 heterocycles. The number of aromatic hydroxyl groups is 1. The predicted molar refractivity (Wildman–Crippen MR) is 121 cm³/mol. The summed E-state index contributed by atoms with van der Waals surface area (Å²) < 4.78 is 5.13. The number of phenols is 1. The lowest BCUT2D eigenvalue weighted by Crippen LogP contribution is -2.32. The number of fused-ring (bicyclic) bond motifs is 1. The molecule has 3 rings (SSSR count). The maximum Gasteiger partial charge on any atom is 0.341 e. The molecule has 2 aromatic rings. The first-order valence-electron chi connectivity index (χ1n) is 10.1. The van der Waals surface area contributed by atoms with Crippen LogP contribution in [0.5, 0.6) is 5.75 Å². The van der Waals surface area contributed by atoms with Gasteiger partial charge in [-0.15, -0.1) is 11.3 Å². The predicted octanol–water partition coefficient (Wildman–Crippen LogP) is 2.75. The molecule has 0 fully saturated rings. The van der Waals surface area contributed by atoms with Crippen molar-refractivity contribution in [3.05, 3.63) is 49.9 Å². The van der Waals surface area contributed by atoms with Crippen LogP contribution in [0.25, 0.3) is 0 Å². The highest BCUT2D eigenvalue weighted by Gasteiger charge is 2.30. The molecule has 33 heavy (non-hydrogen) atoms. The van der Waals surface area contributed by atoms with Crippen molar-refractivity contribution in [3.8, 4) is 5.75 Å². The fourth-order valence-corrected chi connectivity index (χ4v) is 4.78. The van der Waals surface area contributed by atoms with Crippen LogP contribution >= 0.6 is 11.3 Å². The van der Waals surface area contributed by atoms with Crippen LogP contribution in [0, 0.1) is 16.0 Å². The van der Waals surface area contributed by atoms with Gasteiger partial charge in [0.25, 0.3) is 5.69 Å². The van der Waals surface area contributed by atoms with Gasteiger partial charge in [0.05, 0.1) is 23.3 Å². The minimum absolute atomic E-state index is 0.0189. The Balaban J connectivity index is 1.73. The number of nitro benzene ring substituents is 1. The summed E-state index contributed by atoms with van der Waals surface area (Å²) in [5, 5.41) is 26.9. The van der Waals surface area contributed by atoms with Gasteiger partial charge in [0, 0.05) is 22.6 Å². The Bertz CT molecular complexity index is 1140. The van der Waals surface area contributed by atoms with Crippen molar-refractivity contribution < 1.29 is 29.2 Å². The molecule has 1 aromatic carbocycles. The molecule has 1 aliphatic carbocycles. The Morgan fingerprint density at radius 3 is 2.82 bits per heavy atom. The summed E-state index contributed by atoms with van der Waals surface area (Å²) in [4.78, 5) is 48.3. The van der Waals surface area contributed by atoms with E-state index in [1.54, 1.807) is 6.92 Å². The average Bonchev–Trinajstić information content (AvgIpc) is 3.11. The third-order valence-electron chi connectivity index (χ3n) is 5.02. The number of phenolic OH excluding ortho intramolecular Hbond substituents is 1. The second-order valence-corrected chi connectivity index (χ2v) is 8.54. The lowest BCUT2D eigenvalue weighted by atomic mass is 9.88. The number of nitrogens with one attached hydrogen (secondary N) is 2. The number of carbonyl (C=O) groups is 3. The van der Waals surface area contributed by atoms with Gasteiger partial charge in [-0.05, 0) is 43.7 Å². The van der Waals surface area contributed by atoms with E-state index in [-0.39, 0.29) is 34.2 Å². The van der Waals surface area contributed by atoms with Gasteiger partial charge in [0.15, 0.2) is 0 Å². The summed E-state index contributed by atoms with van der Waals surface area (Å²) in [6.07, 6.45) is 3.33. The summed E-state index contributed by atoms with van der Waals surface area (Å²) >= 11 is 1.24. The molecule has 0 aliphatic heterocycles. The minimum atomic E-state index is -1.12. The molecular formula is C21H22N4O7S. The largest absolute Gasteiger partial charge is 0.507 e. The van der Waals surface area contributed by atoms with E-state index in [4.69, 9.17) is 4.74 Å². The number of esters is 1. The summed E-state index contributed by atoms with van der Waals surface area (Å²) in [5.74, 6) is -2.57. The van der Waals surface area contributed by atoms with Crippen molar-refractivity contribution in [3.63, 3.8) is 0 Å². The highest BCUT2D eigenvalue weighted by molar-refractivity contribution is 7.17. The highest BCUT2D eigenvalue weighted by Crippen LogP contribution is 2.40. The number of nitro groups is 1. The van der Waals surface area contributed by atoms with Crippen LogP contribution in [0.15, 0.2) is 23.3 Å². The zero-order chi connectivity index (χ0) is 24.1. The Morgan fingerprint density at radius 2 is 2.12 bits per heavy atom. The fourth-order valence-electron chi connectivity index (χ4n) is 3.39. The van der Waals surface area contributed by atoms with Gasteiger partial charge in [-0.3, -0.25) is 19.7 Å². The van der Waals surface area contributed by atoms with E-state index in [0.717, 1.165) is 47.7 Å². The molecule has 0 saturated heterocycles. The molecule has 1 aromatic heterocycles. The van der Waals surface area contributed by atoms with Crippen molar-refractivity contribution in [2.75, 3.05) is 11.9 Å². The molecule has 0 spiro atoms. The van der Waals surface area contributed by atoms with E-state index in [1.165, 1.54) is 11.3 Å². The number of non-ortho nitro benzene ring substituents is 1. The number of nitrogens with zero attached hydrogens (tertiary/aromatic N) is 2. The third kappa shape index (κ3) is 5.52. The van der Waals surface area contributed by atoms with Gasteiger partial charge in [-0.1, -0.05) is 6.92 Å². The first kappa shape index (κ1) is 23.9. The van der Waals surface area contributed by atoms with Crippen molar-refractivity contribution in [1.29, 1.82) is 0 Å². The lowest BCUT2D eigenvalue weighted by Gasteiger charge is -2.18. The number of anilines is 1. The molecule has 2 amide bonds. The Kier molecular flexibility index (Phi) is 7.38. The zero-order valence-electron chi connectivity index (χ0n) is 17.9. The second-order valence-electron chi connectivity index (χ2n) is 7.43. The molecular weight excluding hydrogens is 452 g/mol. The van der Waals surface area contributed by atoms with E-state index in [1.807, 2.05) is 5.43 Å². The maximum atomic E-state index is 12.5. The van der Waals surface area contributed by atoms with Crippen molar-refractivity contribution in [2.45, 2.75) is 33.1 Å². The molecule has 12 heteroatoms. The van der Waals surface area contributed by atoms with Gasteiger partial charge in [0.2, 0.25) is 0 Å². The van der Waals surface area contributed by atoms with Gasteiger partial charge in [0.1, 0.15) is 10.8 Å². The van der Waals surface area contributed by atoms with E-state index >= 15 is 0 Å². The van der Waals surface area contributed by atoms with E-state index in [9.17, 15) is 29.6 Å². The number of hydrazone groups is 1. The number of carbonyl (C=O) groups excluding carboxylic acids is 3. The maximum absolute atomic E-state index is 12.5. The third-order valence-corrected chi connectivity index (χ3v) is 6.19. The minimum Gasteiger partial charge on any atom is -0.507 e. The van der Waals surface area contributed by atoms with Crippen LogP contribution in [0.4, 0.5) is 10.7 Å². The van der Waals surface area contributed by atoms with Crippen LogP contribution in [0.3, 0.4) is 0 Å². The first-order chi connectivity index (χ1) is 15.7. The molecule has 0 unspecified atom stereocenters. The molecule has 11 nitrogen and oxygen atoms in total. The summed E-state index contributed by atoms with van der Waals surface area (Å²) in [5.41, 5.74) is 2.81. The second kappa shape index (κ2) is 10.2. The molecule has 0 bridgehead atoms. The van der Waals surface area contributed by atoms with Crippen LogP contribution < -0.4 is 10.7 Å². The first-order valence-corrected chi connectivity index (χ1v) is 11.0. The molecule has 0 saturated carbocycles. The van der Waals surface area contributed by atoms with Crippen LogP contribution in [0.2, 0.25) is 0 Å². The lowest BCUT2D eigenvalue weighted by molar-refractivity contribution is -0.384. The SMILES string of the molecule is CCOC(=O)c1c(NC(=O)C(=O)N/N=C\c2cc([N+](=O)[O-])ccc2O)sc2c1CC[C@H](C)C2. The summed E-state index contributed by atoms with van der Waals surface area (Å²) in [6.45, 7) is 3.96. The smallest absolute Gasteiger partial charge is 0.341 e. The van der Waals surface area contributed by atoms with Crippen molar-refractivity contribution in [2.24, 2.45) is 11.0 Å². The van der Waals surface area contributed by atoms with Crippen LogP contribution in [-0.4, -0.2) is 40.6 Å². The highest BCUT2D eigenvalue weighted by atomic mass is 32.1. The number of amides is 2. The number of hydrogen-bond donors (Lipinski definition) is 3. The summed E-state index contributed by atoms with van der Waals surface area (Å²) in [6, 6.07) is 3.29. The van der Waals surface area contributed by atoms with Gasteiger partial charge >= 0.3 is 17.8 Å².